The van der Waals surface area contributed by atoms with Crippen LogP contribution in [0.4, 0.5) is 8.78 Å². The summed E-state index contributed by atoms with van der Waals surface area (Å²) in [6.07, 6.45) is 3.27. The molecule has 0 aliphatic carbocycles. The number of aryl methyl sites for hydroxylation is 1. The number of carboxylic acids is 1. The number of carbonyl (C=O) groups excluding carboxylic acids is 1. The molecular weight excluding hydrogens is 292 g/mol. The topological polar surface area (TPSA) is 57.6 Å². The van der Waals surface area contributed by atoms with Gasteiger partial charge in [-0.3, -0.25) is 4.79 Å². The molecule has 6 heteroatoms. The second kappa shape index (κ2) is 7.33. The number of halogens is 2. The zero-order valence-electron chi connectivity index (χ0n) is 12.2. The SMILES string of the molecule is O=C(O)[C@H]1CCCCN1C(=O)CCCc1ccc(F)c(F)c1. The van der Waals surface area contributed by atoms with Gasteiger partial charge in [-0.2, -0.15) is 0 Å². The Labute approximate surface area is 127 Å². The van der Waals surface area contributed by atoms with E-state index >= 15 is 0 Å². The van der Waals surface area contributed by atoms with Crippen LogP contribution in [0, 0.1) is 11.6 Å². The number of amides is 1. The Bertz CT molecular complexity index is 562. The minimum absolute atomic E-state index is 0.185. The summed E-state index contributed by atoms with van der Waals surface area (Å²) in [7, 11) is 0. The van der Waals surface area contributed by atoms with Crippen LogP contribution in [-0.4, -0.2) is 34.5 Å². The summed E-state index contributed by atoms with van der Waals surface area (Å²) in [5, 5.41) is 9.15. The van der Waals surface area contributed by atoms with Crippen LogP contribution in [0.5, 0.6) is 0 Å². The lowest BCUT2D eigenvalue weighted by Crippen LogP contribution is -2.47. The number of hydrogen-bond donors (Lipinski definition) is 1. The lowest BCUT2D eigenvalue weighted by Gasteiger charge is -2.33. The van der Waals surface area contributed by atoms with Crippen molar-refractivity contribution in [1.29, 1.82) is 0 Å². The molecule has 22 heavy (non-hydrogen) atoms. The largest absolute Gasteiger partial charge is 0.480 e. The third-order valence-electron chi connectivity index (χ3n) is 3.95. The predicted molar refractivity (Wildman–Crippen MR) is 76.3 cm³/mol. The summed E-state index contributed by atoms with van der Waals surface area (Å²) in [5.74, 6) is -2.94. The van der Waals surface area contributed by atoms with Crippen molar-refractivity contribution in [2.75, 3.05) is 6.54 Å². The van der Waals surface area contributed by atoms with E-state index in [0.29, 0.717) is 31.4 Å². The van der Waals surface area contributed by atoms with Gasteiger partial charge in [0.2, 0.25) is 5.91 Å². The van der Waals surface area contributed by atoms with E-state index in [2.05, 4.69) is 0 Å². The summed E-state index contributed by atoms with van der Waals surface area (Å²) < 4.78 is 25.9. The summed E-state index contributed by atoms with van der Waals surface area (Å²) in [4.78, 5) is 24.7. The molecule has 0 unspecified atom stereocenters. The number of piperidine rings is 1. The Kier molecular flexibility index (Phi) is 5.46. The first kappa shape index (κ1) is 16.4. The van der Waals surface area contributed by atoms with Crippen molar-refractivity contribution < 1.29 is 23.5 Å². The number of carboxylic acid groups (broad SMARTS) is 1. The van der Waals surface area contributed by atoms with Gasteiger partial charge in [0.15, 0.2) is 11.6 Å². The molecule has 0 radical (unpaired) electrons. The van der Waals surface area contributed by atoms with Crippen molar-refractivity contribution in [1.82, 2.24) is 4.90 Å². The molecule has 1 fully saturated rings. The molecule has 2 rings (SSSR count). The highest BCUT2D eigenvalue weighted by Crippen LogP contribution is 2.19. The van der Waals surface area contributed by atoms with Crippen molar-refractivity contribution in [3.8, 4) is 0 Å². The van der Waals surface area contributed by atoms with Crippen molar-refractivity contribution in [2.45, 2.75) is 44.6 Å². The van der Waals surface area contributed by atoms with E-state index in [1.807, 2.05) is 0 Å². The zero-order chi connectivity index (χ0) is 16.1. The number of rotatable bonds is 5. The first-order valence-electron chi connectivity index (χ1n) is 7.45. The van der Waals surface area contributed by atoms with Crippen LogP contribution in [-0.2, 0) is 16.0 Å². The Morgan fingerprint density at radius 1 is 1.23 bits per heavy atom. The summed E-state index contributed by atoms with van der Waals surface area (Å²) in [6, 6.07) is 2.95. The molecule has 0 saturated carbocycles. The van der Waals surface area contributed by atoms with Crippen molar-refractivity contribution in [3.05, 3.63) is 35.4 Å². The number of likely N-dealkylation sites (tertiary alicyclic amines) is 1. The van der Waals surface area contributed by atoms with E-state index in [4.69, 9.17) is 5.11 Å². The molecule has 4 nitrogen and oxygen atoms in total. The molecular formula is C16H19F2NO3. The number of hydrogen-bond acceptors (Lipinski definition) is 2. The second-order valence-corrected chi connectivity index (χ2v) is 5.54. The van der Waals surface area contributed by atoms with Gasteiger partial charge < -0.3 is 10.0 Å². The van der Waals surface area contributed by atoms with E-state index in [1.54, 1.807) is 0 Å². The second-order valence-electron chi connectivity index (χ2n) is 5.54. The molecule has 0 aromatic heterocycles. The minimum Gasteiger partial charge on any atom is -0.480 e. The maximum absolute atomic E-state index is 13.1. The van der Waals surface area contributed by atoms with Crippen molar-refractivity contribution in [3.63, 3.8) is 0 Å². The highest BCUT2D eigenvalue weighted by Gasteiger charge is 2.31. The van der Waals surface area contributed by atoms with Gasteiger partial charge in [0.05, 0.1) is 0 Å². The third-order valence-corrected chi connectivity index (χ3v) is 3.95. The molecule has 1 saturated heterocycles. The van der Waals surface area contributed by atoms with Crippen LogP contribution in [0.3, 0.4) is 0 Å². The molecule has 1 aromatic carbocycles. The van der Waals surface area contributed by atoms with Crippen LogP contribution in [0.1, 0.15) is 37.7 Å². The zero-order valence-corrected chi connectivity index (χ0v) is 12.2. The van der Waals surface area contributed by atoms with E-state index in [1.165, 1.54) is 11.0 Å². The van der Waals surface area contributed by atoms with Gasteiger partial charge in [-0.25, -0.2) is 13.6 Å². The number of carbonyl (C=O) groups is 2. The van der Waals surface area contributed by atoms with Gasteiger partial charge in [-0.05, 0) is 49.8 Å². The number of benzene rings is 1. The lowest BCUT2D eigenvalue weighted by atomic mass is 10.0. The van der Waals surface area contributed by atoms with E-state index in [-0.39, 0.29) is 12.3 Å². The lowest BCUT2D eigenvalue weighted by molar-refractivity contribution is -0.152. The fourth-order valence-corrected chi connectivity index (χ4v) is 2.77. The smallest absolute Gasteiger partial charge is 0.326 e. The van der Waals surface area contributed by atoms with Crippen molar-refractivity contribution >= 4 is 11.9 Å². The summed E-state index contributed by atoms with van der Waals surface area (Å²) in [5.41, 5.74) is 0.625. The highest BCUT2D eigenvalue weighted by molar-refractivity contribution is 5.83. The average Bonchev–Trinajstić information content (AvgIpc) is 2.50. The fourth-order valence-electron chi connectivity index (χ4n) is 2.77. The van der Waals surface area contributed by atoms with Gasteiger partial charge in [-0.1, -0.05) is 6.07 Å². The standard InChI is InChI=1S/C16H19F2NO3/c17-12-8-7-11(10-13(12)18)4-3-6-15(20)19-9-2-1-5-14(19)16(21)22/h7-8,10,14H,1-6,9H2,(H,21,22)/t14-/m1/s1. The van der Waals surface area contributed by atoms with Gasteiger partial charge in [0.1, 0.15) is 6.04 Å². The molecule has 1 amide bonds. The van der Waals surface area contributed by atoms with E-state index in [0.717, 1.165) is 25.0 Å². The average molecular weight is 311 g/mol. The van der Waals surface area contributed by atoms with E-state index in [9.17, 15) is 18.4 Å². The Balaban J connectivity index is 1.86. The Morgan fingerprint density at radius 3 is 2.68 bits per heavy atom. The van der Waals surface area contributed by atoms with E-state index < -0.39 is 23.6 Å². The van der Waals surface area contributed by atoms with Gasteiger partial charge >= 0.3 is 5.97 Å². The van der Waals surface area contributed by atoms with Crippen molar-refractivity contribution in [2.24, 2.45) is 0 Å². The molecule has 0 spiro atoms. The minimum atomic E-state index is -0.964. The van der Waals surface area contributed by atoms with Crippen LogP contribution in [0.2, 0.25) is 0 Å². The monoisotopic (exact) mass is 311 g/mol. The maximum Gasteiger partial charge on any atom is 0.326 e. The quantitative estimate of drug-likeness (QED) is 0.909. The molecule has 120 valence electrons. The molecule has 1 N–H and O–H groups in total. The fraction of sp³-hybridized carbons (Fsp3) is 0.500. The summed E-state index contributed by atoms with van der Waals surface area (Å²) in [6.45, 7) is 0.473. The van der Waals surface area contributed by atoms with Crippen LogP contribution in [0.15, 0.2) is 18.2 Å². The normalized spacial score (nSPS) is 18.3. The first-order valence-corrected chi connectivity index (χ1v) is 7.45. The Morgan fingerprint density at radius 2 is 2.00 bits per heavy atom. The molecule has 0 bridgehead atoms. The third kappa shape index (κ3) is 4.02. The van der Waals surface area contributed by atoms with Gasteiger partial charge in [0, 0.05) is 13.0 Å². The van der Waals surface area contributed by atoms with Crippen LogP contribution < -0.4 is 0 Å². The molecule has 1 aromatic rings. The molecule has 1 heterocycles. The molecule has 1 atom stereocenters. The molecule has 1 aliphatic rings. The Hall–Kier alpha value is -1.98. The summed E-state index contributed by atoms with van der Waals surface area (Å²) >= 11 is 0. The van der Waals surface area contributed by atoms with Gasteiger partial charge in [0.25, 0.3) is 0 Å². The predicted octanol–water partition coefficient (Wildman–Crippen LogP) is 2.75. The van der Waals surface area contributed by atoms with Crippen LogP contribution >= 0.6 is 0 Å². The van der Waals surface area contributed by atoms with Crippen LogP contribution in [0.25, 0.3) is 0 Å². The molecule has 1 aliphatic heterocycles. The highest BCUT2D eigenvalue weighted by atomic mass is 19.2. The number of nitrogens with zero attached hydrogens (tertiary/aromatic N) is 1. The van der Waals surface area contributed by atoms with Gasteiger partial charge in [-0.15, -0.1) is 0 Å². The number of aliphatic carboxylic acids is 1. The first-order chi connectivity index (χ1) is 10.5. The maximum atomic E-state index is 13.1.